The molecule has 1 amide bonds. The van der Waals surface area contributed by atoms with Gasteiger partial charge in [-0.25, -0.2) is 4.39 Å². The van der Waals surface area contributed by atoms with Crippen LogP contribution in [-0.2, 0) is 0 Å². The average molecular weight is 355 g/mol. The molecule has 0 aliphatic heterocycles. The van der Waals surface area contributed by atoms with E-state index in [9.17, 15) is 9.18 Å². The summed E-state index contributed by atoms with van der Waals surface area (Å²) in [4.78, 5) is 16.6. The standard InChI is InChI=1S/C19H18FN3O3/c1-3-25-16-10-6-14(7-11-16)18(24)21-12(2)19-22-17(23-26-19)13-4-8-15(20)9-5-13/h4-12H,3H2,1-2H3,(H,21,24). The molecule has 0 radical (unpaired) electrons. The van der Waals surface area contributed by atoms with Crippen LogP contribution in [0.15, 0.2) is 53.1 Å². The molecule has 26 heavy (non-hydrogen) atoms. The van der Waals surface area contributed by atoms with Gasteiger partial charge in [-0.1, -0.05) is 5.16 Å². The van der Waals surface area contributed by atoms with E-state index in [0.717, 1.165) is 0 Å². The van der Waals surface area contributed by atoms with Gasteiger partial charge in [0, 0.05) is 11.1 Å². The van der Waals surface area contributed by atoms with E-state index in [1.165, 1.54) is 12.1 Å². The van der Waals surface area contributed by atoms with Gasteiger partial charge in [-0.05, 0) is 62.4 Å². The number of aromatic nitrogens is 2. The highest BCUT2D eigenvalue weighted by Crippen LogP contribution is 2.19. The summed E-state index contributed by atoms with van der Waals surface area (Å²) in [6.45, 7) is 4.21. The summed E-state index contributed by atoms with van der Waals surface area (Å²) in [5, 5.41) is 6.67. The van der Waals surface area contributed by atoms with Crippen molar-refractivity contribution in [3.8, 4) is 17.1 Å². The average Bonchev–Trinajstić information content (AvgIpc) is 3.13. The Balaban J connectivity index is 1.67. The molecule has 6 nitrogen and oxygen atoms in total. The number of nitrogens with zero attached hydrogens (tertiary/aromatic N) is 2. The van der Waals surface area contributed by atoms with Gasteiger partial charge in [0.05, 0.1) is 6.61 Å². The Morgan fingerprint density at radius 1 is 1.19 bits per heavy atom. The smallest absolute Gasteiger partial charge is 0.251 e. The van der Waals surface area contributed by atoms with Crippen LogP contribution in [0.25, 0.3) is 11.4 Å². The summed E-state index contributed by atoms with van der Waals surface area (Å²) in [7, 11) is 0. The van der Waals surface area contributed by atoms with E-state index in [-0.39, 0.29) is 17.6 Å². The second-order valence-electron chi connectivity index (χ2n) is 5.62. The summed E-state index contributed by atoms with van der Waals surface area (Å²) in [5.41, 5.74) is 1.13. The number of amides is 1. The van der Waals surface area contributed by atoms with Crippen LogP contribution < -0.4 is 10.1 Å². The Hall–Kier alpha value is -3.22. The van der Waals surface area contributed by atoms with Crippen molar-refractivity contribution < 1.29 is 18.4 Å². The number of hydrogen-bond donors (Lipinski definition) is 1. The molecule has 1 aromatic heterocycles. The van der Waals surface area contributed by atoms with Crippen LogP contribution >= 0.6 is 0 Å². The molecule has 0 bridgehead atoms. The summed E-state index contributed by atoms with van der Waals surface area (Å²) < 4.78 is 23.6. The fourth-order valence-corrected chi connectivity index (χ4v) is 2.34. The Morgan fingerprint density at radius 3 is 2.54 bits per heavy atom. The van der Waals surface area contributed by atoms with Crippen LogP contribution in [0.1, 0.15) is 36.1 Å². The molecule has 0 saturated heterocycles. The molecule has 0 fully saturated rings. The van der Waals surface area contributed by atoms with Gasteiger partial charge < -0.3 is 14.6 Å². The van der Waals surface area contributed by atoms with Crippen LogP contribution in [0.3, 0.4) is 0 Å². The first kappa shape index (κ1) is 17.6. The highest BCUT2D eigenvalue weighted by atomic mass is 19.1. The predicted octanol–water partition coefficient (Wildman–Crippen LogP) is 3.77. The predicted molar refractivity (Wildman–Crippen MR) is 93.2 cm³/mol. The molecule has 0 aliphatic carbocycles. The molecular weight excluding hydrogens is 337 g/mol. The van der Waals surface area contributed by atoms with Gasteiger partial charge in [0.15, 0.2) is 0 Å². The molecule has 1 N–H and O–H groups in total. The molecule has 1 atom stereocenters. The maximum absolute atomic E-state index is 13.0. The number of ether oxygens (including phenoxy) is 1. The van der Waals surface area contributed by atoms with Gasteiger partial charge in [0.25, 0.3) is 5.91 Å². The third-order valence-electron chi connectivity index (χ3n) is 3.69. The minimum atomic E-state index is -0.476. The van der Waals surface area contributed by atoms with E-state index in [2.05, 4.69) is 15.5 Å². The second-order valence-corrected chi connectivity index (χ2v) is 5.62. The minimum Gasteiger partial charge on any atom is -0.494 e. The fraction of sp³-hybridized carbons (Fsp3) is 0.211. The summed E-state index contributed by atoms with van der Waals surface area (Å²) in [5.74, 6) is 0.708. The van der Waals surface area contributed by atoms with Crippen molar-refractivity contribution in [1.29, 1.82) is 0 Å². The van der Waals surface area contributed by atoms with E-state index in [0.29, 0.717) is 29.3 Å². The van der Waals surface area contributed by atoms with Crippen molar-refractivity contribution in [2.24, 2.45) is 0 Å². The van der Waals surface area contributed by atoms with Crippen molar-refractivity contribution in [3.05, 3.63) is 65.8 Å². The molecule has 3 rings (SSSR count). The Kier molecular flexibility index (Phi) is 5.26. The molecule has 0 saturated carbocycles. The van der Waals surface area contributed by atoms with E-state index in [1.54, 1.807) is 43.3 Å². The first-order valence-electron chi connectivity index (χ1n) is 8.20. The van der Waals surface area contributed by atoms with Crippen molar-refractivity contribution in [2.75, 3.05) is 6.61 Å². The molecule has 134 valence electrons. The second kappa shape index (κ2) is 7.77. The quantitative estimate of drug-likeness (QED) is 0.728. The lowest BCUT2D eigenvalue weighted by molar-refractivity contribution is 0.0932. The van der Waals surface area contributed by atoms with Gasteiger partial charge >= 0.3 is 0 Å². The number of carbonyl (C=O) groups is 1. The lowest BCUT2D eigenvalue weighted by atomic mass is 10.2. The van der Waals surface area contributed by atoms with Crippen LogP contribution in [0.5, 0.6) is 5.75 Å². The van der Waals surface area contributed by atoms with Crippen molar-refractivity contribution in [1.82, 2.24) is 15.5 Å². The highest BCUT2D eigenvalue weighted by molar-refractivity contribution is 5.94. The topological polar surface area (TPSA) is 77.2 Å². The van der Waals surface area contributed by atoms with Crippen LogP contribution in [0.2, 0.25) is 0 Å². The maximum atomic E-state index is 13.0. The van der Waals surface area contributed by atoms with Gasteiger partial charge in [-0.2, -0.15) is 4.98 Å². The zero-order valence-electron chi connectivity index (χ0n) is 14.4. The van der Waals surface area contributed by atoms with E-state index in [1.807, 2.05) is 6.92 Å². The van der Waals surface area contributed by atoms with Crippen LogP contribution in [-0.4, -0.2) is 22.7 Å². The lowest BCUT2D eigenvalue weighted by Crippen LogP contribution is -2.26. The fourth-order valence-electron chi connectivity index (χ4n) is 2.34. The number of benzene rings is 2. The van der Waals surface area contributed by atoms with Crippen LogP contribution in [0, 0.1) is 5.82 Å². The first-order chi connectivity index (χ1) is 12.6. The number of halogens is 1. The zero-order chi connectivity index (χ0) is 18.5. The molecule has 7 heteroatoms. The minimum absolute atomic E-state index is 0.262. The monoisotopic (exact) mass is 355 g/mol. The third-order valence-corrected chi connectivity index (χ3v) is 3.69. The first-order valence-corrected chi connectivity index (χ1v) is 8.20. The van der Waals surface area contributed by atoms with E-state index in [4.69, 9.17) is 9.26 Å². The molecule has 1 heterocycles. The third kappa shape index (κ3) is 4.05. The highest BCUT2D eigenvalue weighted by Gasteiger charge is 2.18. The molecule has 2 aromatic carbocycles. The van der Waals surface area contributed by atoms with Gasteiger partial charge in [-0.15, -0.1) is 0 Å². The van der Waals surface area contributed by atoms with Crippen molar-refractivity contribution in [3.63, 3.8) is 0 Å². The molecule has 1 unspecified atom stereocenters. The maximum Gasteiger partial charge on any atom is 0.251 e. The van der Waals surface area contributed by atoms with Crippen molar-refractivity contribution in [2.45, 2.75) is 19.9 Å². The zero-order valence-corrected chi connectivity index (χ0v) is 14.4. The van der Waals surface area contributed by atoms with Gasteiger partial charge in [0.1, 0.15) is 17.6 Å². The van der Waals surface area contributed by atoms with Crippen LogP contribution in [0.4, 0.5) is 4.39 Å². The Morgan fingerprint density at radius 2 is 1.88 bits per heavy atom. The summed E-state index contributed by atoms with van der Waals surface area (Å²) in [6.07, 6.45) is 0. The van der Waals surface area contributed by atoms with E-state index >= 15 is 0 Å². The number of rotatable bonds is 6. The molecular formula is C19H18FN3O3. The summed E-state index contributed by atoms with van der Waals surface area (Å²) >= 11 is 0. The molecule has 0 aliphatic rings. The van der Waals surface area contributed by atoms with Crippen molar-refractivity contribution >= 4 is 5.91 Å². The van der Waals surface area contributed by atoms with Gasteiger partial charge in [-0.3, -0.25) is 4.79 Å². The number of nitrogens with one attached hydrogen (secondary N) is 1. The largest absolute Gasteiger partial charge is 0.494 e. The normalized spacial score (nSPS) is 11.8. The number of carbonyl (C=O) groups excluding carboxylic acids is 1. The number of hydrogen-bond acceptors (Lipinski definition) is 5. The summed E-state index contributed by atoms with van der Waals surface area (Å²) in [6, 6.07) is 12.1. The van der Waals surface area contributed by atoms with Gasteiger partial charge in [0.2, 0.25) is 11.7 Å². The lowest BCUT2D eigenvalue weighted by Gasteiger charge is -2.10. The molecule has 0 spiro atoms. The molecule has 3 aromatic rings. The Bertz CT molecular complexity index is 876. The Labute approximate surface area is 150 Å². The SMILES string of the molecule is CCOc1ccc(C(=O)NC(C)c2nc(-c3ccc(F)cc3)no2)cc1. The van der Waals surface area contributed by atoms with E-state index < -0.39 is 6.04 Å².